The number of hydrogen-bond acceptors (Lipinski definition) is 3. The summed E-state index contributed by atoms with van der Waals surface area (Å²) in [5, 5.41) is 6.42. The molecule has 0 bridgehead atoms. The van der Waals surface area contributed by atoms with E-state index in [1.54, 1.807) is 6.07 Å². The smallest absolute Gasteiger partial charge is 0.240 e. The Balaban J connectivity index is 0.00000110. The first kappa shape index (κ1) is 18.2. The highest BCUT2D eigenvalue weighted by Gasteiger charge is 2.34. The van der Waals surface area contributed by atoms with Gasteiger partial charge in [0.15, 0.2) is 0 Å². The predicted octanol–water partition coefficient (Wildman–Crippen LogP) is 1.50. The second-order valence-corrected chi connectivity index (χ2v) is 5.10. The third-order valence-electron chi connectivity index (χ3n) is 3.88. The van der Waals surface area contributed by atoms with Gasteiger partial charge in [0.1, 0.15) is 5.82 Å². The predicted molar refractivity (Wildman–Crippen MR) is 84.6 cm³/mol. The van der Waals surface area contributed by atoms with Gasteiger partial charge in [-0.2, -0.15) is 0 Å². The van der Waals surface area contributed by atoms with E-state index in [-0.39, 0.29) is 48.6 Å². The quantitative estimate of drug-likeness (QED) is 0.860. The molecule has 1 aromatic rings. The van der Waals surface area contributed by atoms with Crippen LogP contribution in [0.3, 0.4) is 0 Å². The second kappa shape index (κ2) is 7.94. The van der Waals surface area contributed by atoms with Crippen molar-refractivity contribution in [1.29, 1.82) is 0 Å². The summed E-state index contributed by atoms with van der Waals surface area (Å²) in [6.07, 6.45) is 0.901. The Morgan fingerprint density at radius 2 is 2.05 bits per heavy atom. The minimum absolute atomic E-state index is 0. The Labute approximate surface area is 136 Å². The maximum atomic E-state index is 13.4. The van der Waals surface area contributed by atoms with Gasteiger partial charge >= 0.3 is 0 Å². The normalized spacial score (nSPS) is 24.3. The van der Waals surface area contributed by atoms with Crippen LogP contribution in [0, 0.1) is 5.82 Å². The monoisotopic (exact) mass is 335 g/mol. The van der Waals surface area contributed by atoms with E-state index in [1.807, 2.05) is 11.0 Å². The van der Waals surface area contributed by atoms with Gasteiger partial charge in [-0.05, 0) is 30.7 Å². The number of carbonyl (C=O) groups is 1. The summed E-state index contributed by atoms with van der Waals surface area (Å²) in [6.45, 7) is 3.07. The molecule has 2 heterocycles. The van der Waals surface area contributed by atoms with Crippen molar-refractivity contribution in [2.45, 2.75) is 18.5 Å². The summed E-state index contributed by atoms with van der Waals surface area (Å²) >= 11 is 0. The van der Waals surface area contributed by atoms with Crippen LogP contribution in [-0.2, 0) is 4.79 Å². The molecule has 2 saturated heterocycles. The van der Waals surface area contributed by atoms with Crippen LogP contribution in [0.15, 0.2) is 24.3 Å². The molecule has 0 spiro atoms. The van der Waals surface area contributed by atoms with E-state index in [1.165, 1.54) is 12.1 Å². The van der Waals surface area contributed by atoms with Crippen molar-refractivity contribution in [3.8, 4) is 0 Å². The molecule has 4 nitrogen and oxygen atoms in total. The standard InChI is InChI=1S/C14H18FN3O.2ClH/c15-11-3-1-2-10(8-11)13-9-16-6-7-18(13)14(19)12-4-5-17-12;;/h1-3,8,12-13,16-17H,4-7,9H2;2*1H/t12-,13?;;/m1../s1. The second-order valence-electron chi connectivity index (χ2n) is 5.10. The van der Waals surface area contributed by atoms with E-state index >= 15 is 0 Å². The number of rotatable bonds is 2. The van der Waals surface area contributed by atoms with E-state index in [9.17, 15) is 9.18 Å². The van der Waals surface area contributed by atoms with Gasteiger partial charge in [0.2, 0.25) is 5.91 Å². The number of piperazine rings is 1. The summed E-state index contributed by atoms with van der Waals surface area (Å²) in [7, 11) is 0. The molecule has 2 fully saturated rings. The summed E-state index contributed by atoms with van der Waals surface area (Å²) in [6, 6.07) is 6.41. The molecule has 2 aliphatic rings. The molecule has 2 aliphatic heterocycles. The maximum absolute atomic E-state index is 13.4. The fraction of sp³-hybridized carbons (Fsp3) is 0.500. The van der Waals surface area contributed by atoms with Gasteiger partial charge in [-0.1, -0.05) is 12.1 Å². The van der Waals surface area contributed by atoms with E-state index in [0.717, 1.165) is 25.1 Å². The third-order valence-corrected chi connectivity index (χ3v) is 3.88. The van der Waals surface area contributed by atoms with Crippen molar-refractivity contribution in [1.82, 2.24) is 15.5 Å². The summed E-state index contributed by atoms with van der Waals surface area (Å²) in [5.41, 5.74) is 0.861. The molecule has 0 radical (unpaired) electrons. The zero-order chi connectivity index (χ0) is 13.2. The highest BCUT2D eigenvalue weighted by Crippen LogP contribution is 2.24. The highest BCUT2D eigenvalue weighted by molar-refractivity contribution is 5.85. The van der Waals surface area contributed by atoms with Crippen LogP contribution < -0.4 is 10.6 Å². The fourth-order valence-corrected chi connectivity index (χ4v) is 2.68. The molecule has 2 N–H and O–H groups in total. The van der Waals surface area contributed by atoms with Crippen molar-refractivity contribution in [3.63, 3.8) is 0 Å². The number of hydrogen-bond donors (Lipinski definition) is 2. The van der Waals surface area contributed by atoms with Crippen molar-refractivity contribution < 1.29 is 9.18 Å². The van der Waals surface area contributed by atoms with Crippen LogP contribution in [-0.4, -0.2) is 43.0 Å². The van der Waals surface area contributed by atoms with Gasteiger partial charge in [-0.15, -0.1) is 24.8 Å². The molecule has 0 aromatic heterocycles. The van der Waals surface area contributed by atoms with Gasteiger partial charge in [-0.25, -0.2) is 4.39 Å². The number of nitrogens with one attached hydrogen (secondary N) is 2. The molecule has 118 valence electrons. The molecule has 7 heteroatoms. The Bertz CT molecular complexity index is 485. The molecular weight excluding hydrogens is 316 g/mol. The topological polar surface area (TPSA) is 44.4 Å². The van der Waals surface area contributed by atoms with Crippen LogP contribution in [0.5, 0.6) is 0 Å². The van der Waals surface area contributed by atoms with Crippen molar-refractivity contribution in [3.05, 3.63) is 35.6 Å². The molecule has 2 atom stereocenters. The molecule has 21 heavy (non-hydrogen) atoms. The van der Waals surface area contributed by atoms with Gasteiger partial charge < -0.3 is 15.5 Å². The SMILES string of the molecule is Cl.Cl.O=C([C@H]1CCN1)N1CCNCC1c1cccc(F)c1. The summed E-state index contributed by atoms with van der Waals surface area (Å²) < 4.78 is 13.4. The largest absolute Gasteiger partial charge is 0.332 e. The summed E-state index contributed by atoms with van der Waals surface area (Å²) in [5.74, 6) is -0.112. The van der Waals surface area contributed by atoms with Crippen LogP contribution in [0.25, 0.3) is 0 Å². The Hall–Kier alpha value is -0.880. The molecule has 0 aliphatic carbocycles. The molecule has 1 amide bonds. The number of halogens is 3. The first-order valence-electron chi connectivity index (χ1n) is 6.76. The highest BCUT2D eigenvalue weighted by atomic mass is 35.5. The molecule has 1 aromatic carbocycles. The van der Waals surface area contributed by atoms with E-state index in [0.29, 0.717) is 13.1 Å². The van der Waals surface area contributed by atoms with E-state index < -0.39 is 0 Å². The molecule has 0 saturated carbocycles. The first-order chi connectivity index (χ1) is 9.25. The average molecular weight is 336 g/mol. The van der Waals surface area contributed by atoms with Crippen LogP contribution in [0.1, 0.15) is 18.0 Å². The molecule has 3 rings (SSSR count). The lowest BCUT2D eigenvalue weighted by Gasteiger charge is -2.40. The molecular formula is C14H20Cl2FN3O. The van der Waals surface area contributed by atoms with Crippen LogP contribution >= 0.6 is 24.8 Å². The third kappa shape index (κ3) is 3.86. The van der Waals surface area contributed by atoms with Gasteiger partial charge in [0.25, 0.3) is 0 Å². The Kier molecular flexibility index (Phi) is 6.87. The summed E-state index contributed by atoms with van der Waals surface area (Å²) in [4.78, 5) is 14.3. The number of amides is 1. The minimum Gasteiger partial charge on any atom is -0.332 e. The van der Waals surface area contributed by atoms with Crippen molar-refractivity contribution in [2.75, 3.05) is 26.2 Å². The Morgan fingerprint density at radius 1 is 1.29 bits per heavy atom. The average Bonchev–Trinajstić information content (AvgIpc) is 2.37. The Morgan fingerprint density at radius 3 is 2.67 bits per heavy atom. The maximum Gasteiger partial charge on any atom is 0.240 e. The van der Waals surface area contributed by atoms with Gasteiger partial charge in [-0.3, -0.25) is 4.79 Å². The van der Waals surface area contributed by atoms with Crippen molar-refractivity contribution in [2.24, 2.45) is 0 Å². The number of nitrogens with zero attached hydrogens (tertiary/aromatic N) is 1. The van der Waals surface area contributed by atoms with E-state index in [4.69, 9.17) is 0 Å². The number of carbonyl (C=O) groups excluding carboxylic acids is 1. The lowest BCUT2D eigenvalue weighted by atomic mass is 9.99. The fourth-order valence-electron chi connectivity index (χ4n) is 2.68. The zero-order valence-electron chi connectivity index (χ0n) is 11.5. The number of benzene rings is 1. The van der Waals surface area contributed by atoms with Gasteiger partial charge in [0.05, 0.1) is 12.1 Å². The first-order valence-corrected chi connectivity index (χ1v) is 6.76. The lowest BCUT2D eigenvalue weighted by molar-refractivity contribution is -0.138. The zero-order valence-corrected chi connectivity index (χ0v) is 13.2. The van der Waals surface area contributed by atoms with Gasteiger partial charge in [0, 0.05) is 19.6 Å². The van der Waals surface area contributed by atoms with Crippen LogP contribution in [0.4, 0.5) is 4.39 Å². The van der Waals surface area contributed by atoms with E-state index in [2.05, 4.69) is 10.6 Å². The minimum atomic E-state index is -0.253. The molecule has 1 unspecified atom stereocenters. The van der Waals surface area contributed by atoms with Crippen molar-refractivity contribution >= 4 is 30.7 Å². The lowest BCUT2D eigenvalue weighted by Crippen LogP contribution is -2.58. The van der Waals surface area contributed by atoms with Crippen LogP contribution in [0.2, 0.25) is 0 Å².